The van der Waals surface area contributed by atoms with Gasteiger partial charge >= 0.3 is 5.97 Å². The molecule has 0 aliphatic carbocycles. The maximum absolute atomic E-state index is 12.3. The van der Waals surface area contributed by atoms with Crippen LogP contribution in [0.2, 0.25) is 0 Å². The van der Waals surface area contributed by atoms with Crippen molar-refractivity contribution in [3.63, 3.8) is 0 Å². The fraction of sp³-hybridized carbons (Fsp3) is 0.667. The van der Waals surface area contributed by atoms with Crippen LogP contribution in [0, 0.1) is 0 Å². The molecule has 0 fully saturated rings. The standard InChI is InChI=1S/C12H21N5O3/c1-9(2)17(6-3-4-11(18)19)12(20)10-8-16(7-5-13)15-14-10/h8-9H,3-7,13H2,1-2H3,(H,18,19). The van der Waals surface area contributed by atoms with E-state index in [1.165, 1.54) is 4.68 Å². The number of amides is 1. The first-order valence-corrected chi connectivity index (χ1v) is 6.58. The molecule has 0 spiro atoms. The van der Waals surface area contributed by atoms with E-state index in [0.717, 1.165) is 0 Å². The van der Waals surface area contributed by atoms with E-state index >= 15 is 0 Å². The monoisotopic (exact) mass is 283 g/mol. The molecule has 0 atom stereocenters. The van der Waals surface area contributed by atoms with Crippen LogP contribution in [0.25, 0.3) is 0 Å². The van der Waals surface area contributed by atoms with Crippen LogP contribution in [0.4, 0.5) is 0 Å². The van der Waals surface area contributed by atoms with Gasteiger partial charge in [-0.05, 0) is 20.3 Å². The third-order valence-corrected chi connectivity index (χ3v) is 2.79. The van der Waals surface area contributed by atoms with Crippen molar-refractivity contribution in [2.45, 2.75) is 39.3 Å². The highest BCUT2D eigenvalue weighted by Crippen LogP contribution is 2.08. The molecule has 1 aromatic rings. The van der Waals surface area contributed by atoms with Crippen molar-refractivity contribution in [2.75, 3.05) is 13.1 Å². The fourth-order valence-corrected chi connectivity index (χ4v) is 1.78. The smallest absolute Gasteiger partial charge is 0.303 e. The summed E-state index contributed by atoms with van der Waals surface area (Å²) >= 11 is 0. The Balaban J connectivity index is 2.69. The lowest BCUT2D eigenvalue weighted by atomic mass is 10.2. The van der Waals surface area contributed by atoms with Crippen LogP contribution < -0.4 is 5.73 Å². The Morgan fingerprint density at radius 1 is 1.50 bits per heavy atom. The molecule has 3 N–H and O–H groups in total. The van der Waals surface area contributed by atoms with Gasteiger partial charge in [-0.1, -0.05) is 5.21 Å². The first-order valence-electron chi connectivity index (χ1n) is 6.58. The zero-order valence-corrected chi connectivity index (χ0v) is 11.8. The lowest BCUT2D eigenvalue weighted by Gasteiger charge is -2.25. The summed E-state index contributed by atoms with van der Waals surface area (Å²) in [6.07, 6.45) is 2.01. The van der Waals surface area contributed by atoms with E-state index in [-0.39, 0.29) is 24.1 Å². The van der Waals surface area contributed by atoms with E-state index in [2.05, 4.69) is 10.3 Å². The van der Waals surface area contributed by atoms with Crippen LogP contribution in [0.5, 0.6) is 0 Å². The van der Waals surface area contributed by atoms with Crippen LogP contribution in [0.15, 0.2) is 6.20 Å². The molecular formula is C12H21N5O3. The molecule has 0 bridgehead atoms. The van der Waals surface area contributed by atoms with Crippen LogP contribution >= 0.6 is 0 Å². The number of carbonyl (C=O) groups excluding carboxylic acids is 1. The van der Waals surface area contributed by atoms with Crippen molar-refractivity contribution < 1.29 is 14.7 Å². The third kappa shape index (κ3) is 4.61. The van der Waals surface area contributed by atoms with Gasteiger partial charge < -0.3 is 15.7 Å². The van der Waals surface area contributed by atoms with Crippen LogP contribution in [-0.2, 0) is 11.3 Å². The van der Waals surface area contributed by atoms with Crippen molar-refractivity contribution in [3.8, 4) is 0 Å². The molecule has 20 heavy (non-hydrogen) atoms. The number of rotatable bonds is 8. The van der Waals surface area contributed by atoms with Gasteiger partial charge in [-0.3, -0.25) is 14.3 Å². The Kier molecular flexibility index (Phi) is 6.10. The number of aromatic nitrogens is 3. The van der Waals surface area contributed by atoms with Crippen LogP contribution in [0.1, 0.15) is 37.2 Å². The molecule has 8 heteroatoms. The van der Waals surface area contributed by atoms with E-state index in [9.17, 15) is 9.59 Å². The van der Waals surface area contributed by atoms with E-state index < -0.39 is 5.97 Å². The van der Waals surface area contributed by atoms with E-state index in [1.54, 1.807) is 11.1 Å². The summed E-state index contributed by atoms with van der Waals surface area (Å²) in [5, 5.41) is 16.3. The van der Waals surface area contributed by atoms with Crippen molar-refractivity contribution in [1.29, 1.82) is 0 Å². The predicted molar refractivity (Wildman–Crippen MR) is 72.1 cm³/mol. The minimum Gasteiger partial charge on any atom is -0.481 e. The zero-order valence-electron chi connectivity index (χ0n) is 11.8. The molecule has 1 amide bonds. The normalized spacial score (nSPS) is 10.8. The molecule has 0 aromatic carbocycles. The van der Waals surface area contributed by atoms with Gasteiger partial charge in [0.1, 0.15) is 0 Å². The fourth-order valence-electron chi connectivity index (χ4n) is 1.78. The largest absolute Gasteiger partial charge is 0.481 e. The summed E-state index contributed by atoms with van der Waals surface area (Å²) in [5.74, 6) is -1.11. The lowest BCUT2D eigenvalue weighted by Crippen LogP contribution is -2.38. The number of nitrogens with zero attached hydrogens (tertiary/aromatic N) is 4. The van der Waals surface area contributed by atoms with Crippen LogP contribution in [0.3, 0.4) is 0 Å². The third-order valence-electron chi connectivity index (χ3n) is 2.79. The number of aliphatic carboxylic acids is 1. The Labute approximate surface area is 117 Å². The van der Waals surface area contributed by atoms with E-state index in [4.69, 9.17) is 10.8 Å². The van der Waals surface area contributed by atoms with Gasteiger partial charge in [0, 0.05) is 25.6 Å². The molecule has 1 aromatic heterocycles. The molecule has 8 nitrogen and oxygen atoms in total. The van der Waals surface area contributed by atoms with E-state index in [0.29, 0.717) is 26.1 Å². The highest BCUT2D eigenvalue weighted by atomic mass is 16.4. The average Bonchev–Trinajstić information content (AvgIpc) is 2.82. The maximum Gasteiger partial charge on any atom is 0.303 e. The molecule has 0 unspecified atom stereocenters. The molecular weight excluding hydrogens is 262 g/mol. The molecule has 0 aliphatic rings. The number of carbonyl (C=O) groups is 2. The summed E-state index contributed by atoms with van der Waals surface area (Å²) in [7, 11) is 0. The molecule has 0 radical (unpaired) electrons. The van der Waals surface area contributed by atoms with Gasteiger partial charge in [0.15, 0.2) is 5.69 Å². The number of nitrogens with two attached hydrogens (primary N) is 1. The Morgan fingerprint density at radius 3 is 2.75 bits per heavy atom. The first-order chi connectivity index (χ1) is 9.45. The summed E-state index contributed by atoms with van der Waals surface area (Å²) < 4.78 is 1.52. The lowest BCUT2D eigenvalue weighted by molar-refractivity contribution is -0.137. The van der Waals surface area contributed by atoms with Gasteiger partial charge in [-0.25, -0.2) is 0 Å². The highest BCUT2D eigenvalue weighted by molar-refractivity contribution is 5.92. The van der Waals surface area contributed by atoms with Crippen LogP contribution in [-0.4, -0.2) is 56.0 Å². The van der Waals surface area contributed by atoms with Crippen molar-refractivity contribution in [2.24, 2.45) is 5.73 Å². The van der Waals surface area contributed by atoms with E-state index in [1.807, 2.05) is 13.8 Å². The minimum atomic E-state index is -0.866. The topological polar surface area (TPSA) is 114 Å². The molecule has 0 saturated carbocycles. The molecule has 0 saturated heterocycles. The second-order valence-corrected chi connectivity index (χ2v) is 4.75. The van der Waals surface area contributed by atoms with Gasteiger partial charge in [0.05, 0.1) is 12.7 Å². The molecule has 112 valence electrons. The first kappa shape index (κ1) is 16.1. The highest BCUT2D eigenvalue weighted by Gasteiger charge is 2.21. The van der Waals surface area contributed by atoms with Crippen molar-refractivity contribution in [3.05, 3.63) is 11.9 Å². The Morgan fingerprint density at radius 2 is 2.20 bits per heavy atom. The Bertz CT molecular complexity index is 458. The van der Waals surface area contributed by atoms with Gasteiger partial charge in [-0.15, -0.1) is 5.10 Å². The van der Waals surface area contributed by atoms with Crippen molar-refractivity contribution >= 4 is 11.9 Å². The van der Waals surface area contributed by atoms with Crippen molar-refractivity contribution in [1.82, 2.24) is 19.9 Å². The zero-order chi connectivity index (χ0) is 15.1. The quantitative estimate of drug-likeness (QED) is 0.691. The van der Waals surface area contributed by atoms with Gasteiger partial charge in [-0.2, -0.15) is 0 Å². The second kappa shape index (κ2) is 7.59. The Hall–Kier alpha value is -1.96. The number of carboxylic acids is 1. The van der Waals surface area contributed by atoms with Gasteiger partial charge in [0.25, 0.3) is 5.91 Å². The number of hydrogen-bond acceptors (Lipinski definition) is 5. The number of carboxylic acid groups (broad SMARTS) is 1. The minimum absolute atomic E-state index is 0.0315. The summed E-state index contributed by atoms with van der Waals surface area (Å²) in [6.45, 7) is 5.06. The second-order valence-electron chi connectivity index (χ2n) is 4.75. The molecule has 0 aliphatic heterocycles. The SMILES string of the molecule is CC(C)N(CCCC(=O)O)C(=O)c1cn(CCN)nn1. The maximum atomic E-state index is 12.3. The predicted octanol–water partition coefficient (Wildman–Crippen LogP) is -0.0478. The average molecular weight is 283 g/mol. The number of hydrogen-bond donors (Lipinski definition) is 2. The summed E-state index contributed by atoms with van der Waals surface area (Å²) in [6, 6.07) is -0.0315. The summed E-state index contributed by atoms with van der Waals surface area (Å²) in [5.41, 5.74) is 5.66. The molecule has 1 heterocycles. The summed E-state index contributed by atoms with van der Waals surface area (Å²) in [4.78, 5) is 24.4. The molecule has 1 rings (SSSR count). The van der Waals surface area contributed by atoms with Gasteiger partial charge in [0.2, 0.25) is 0 Å².